The molecule has 0 aromatic carbocycles. The SMILES string of the molecule is CC(=O)OCCC[CH2][SnH]([CH3])[CH3]. The van der Waals surface area contributed by atoms with Crippen LogP contribution in [0.15, 0.2) is 0 Å². The Balaban J connectivity index is 2.97. The number of unbranched alkanes of at least 4 members (excludes halogenated alkanes) is 1. The van der Waals surface area contributed by atoms with Crippen LogP contribution in [0.4, 0.5) is 0 Å². The number of carbonyl (C=O) groups excluding carboxylic acids is 1. The Morgan fingerprint density at radius 3 is 2.45 bits per heavy atom. The Labute approximate surface area is 76.1 Å². The molecule has 0 atom stereocenters. The van der Waals surface area contributed by atoms with Crippen molar-refractivity contribution in [3.63, 3.8) is 0 Å². The topological polar surface area (TPSA) is 26.3 Å². The number of hydrogen-bond donors (Lipinski definition) is 0. The second-order valence-corrected chi connectivity index (χ2v) is 12.8. The molecule has 11 heavy (non-hydrogen) atoms. The molecule has 0 unspecified atom stereocenters. The summed E-state index contributed by atoms with van der Waals surface area (Å²) < 4.78 is 6.24. The van der Waals surface area contributed by atoms with E-state index in [0.29, 0.717) is 6.61 Å². The number of hydrogen-bond acceptors (Lipinski definition) is 2. The van der Waals surface area contributed by atoms with Crippen molar-refractivity contribution in [2.45, 2.75) is 34.1 Å². The van der Waals surface area contributed by atoms with Crippen molar-refractivity contribution in [3.05, 3.63) is 0 Å². The van der Waals surface area contributed by atoms with Crippen molar-refractivity contribution in [3.8, 4) is 0 Å². The van der Waals surface area contributed by atoms with Gasteiger partial charge in [-0.1, -0.05) is 0 Å². The van der Waals surface area contributed by atoms with Crippen LogP contribution in [0.1, 0.15) is 19.8 Å². The van der Waals surface area contributed by atoms with E-state index in [1.165, 1.54) is 17.8 Å². The van der Waals surface area contributed by atoms with Crippen LogP contribution < -0.4 is 0 Å². The van der Waals surface area contributed by atoms with Crippen LogP contribution in [0.5, 0.6) is 0 Å². The first kappa shape index (κ1) is 11.3. The summed E-state index contributed by atoms with van der Waals surface area (Å²) >= 11 is -0.959. The second kappa shape index (κ2) is 6.95. The van der Waals surface area contributed by atoms with Gasteiger partial charge < -0.3 is 0 Å². The average Bonchev–Trinajstić information content (AvgIpc) is 1.85. The first-order valence-corrected chi connectivity index (χ1v) is 13.2. The van der Waals surface area contributed by atoms with Gasteiger partial charge in [0.15, 0.2) is 0 Å². The number of ether oxygens (including phenoxy) is 1. The van der Waals surface area contributed by atoms with Crippen molar-refractivity contribution in [2.24, 2.45) is 0 Å². The van der Waals surface area contributed by atoms with Crippen molar-refractivity contribution >= 4 is 25.7 Å². The predicted octanol–water partition coefficient (Wildman–Crippen LogP) is 1.82. The minimum absolute atomic E-state index is 0.155. The summed E-state index contributed by atoms with van der Waals surface area (Å²) in [4.78, 5) is 15.2. The van der Waals surface area contributed by atoms with E-state index in [9.17, 15) is 4.79 Å². The summed E-state index contributed by atoms with van der Waals surface area (Å²) in [5, 5.41) is 0. The molecular formula is C8H18O2Sn. The second-order valence-electron chi connectivity index (χ2n) is 3.23. The molecule has 0 amide bonds. The van der Waals surface area contributed by atoms with Crippen LogP contribution in [0, 0.1) is 0 Å². The molecule has 2 nitrogen and oxygen atoms in total. The van der Waals surface area contributed by atoms with Crippen LogP contribution in [-0.4, -0.2) is 32.3 Å². The van der Waals surface area contributed by atoms with Gasteiger partial charge in [-0.25, -0.2) is 0 Å². The van der Waals surface area contributed by atoms with Gasteiger partial charge in [-0.2, -0.15) is 0 Å². The number of esters is 1. The fraction of sp³-hybridized carbons (Fsp3) is 0.875. The van der Waals surface area contributed by atoms with Gasteiger partial charge in [0.25, 0.3) is 0 Å². The summed E-state index contributed by atoms with van der Waals surface area (Å²) in [6.07, 6.45) is 2.30. The summed E-state index contributed by atoms with van der Waals surface area (Å²) in [5.41, 5.74) is 0. The van der Waals surface area contributed by atoms with Gasteiger partial charge in [0.05, 0.1) is 0 Å². The van der Waals surface area contributed by atoms with Gasteiger partial charge in [-0.3, -0.25) is 0 Å². The zero-order chi connectivity index (χ0) is 8.69. The van der Waals surface area contributed by atoms with Crippen LogP contribution in [0.3, 0.4) is 0 Å². The Hall–Kier alpha value is 0.269. The summed E-state index contributed by atoms with van der Waals surface area (Å²) in [5.74, 6) is -0.155. The third-order valence-corrected chi connectivity index (χ3v) is 5.94. The standard InChI is InChI=1S/C6H11O2.2CH3.Sn.H/c1-3-4-5-8-6(2)7;;;;/h1,3-5H2,2H3;2*1H3;;. The van der Waals surface area contributed by atoms with Gasteiger partial charge in [0.1, 0.15) is 0 Å². The first-order valence-electron chi connectivity index (χ1n) is 4.26. The molecule has 0 aromatic heterocycles. The Morgan fingerprint density at radius 2 is 2.00 bits per heavy atom. The van der Waals surface area contributed by atoms with Crippen molar-refractivity contribution in [1.29, 1.82) is 0 Å². The molecule has 0 aliphatic heterocycles. The van der Waals surface area contributed by atoms with Crippen LogP contribution in [0.25, 0.3) is 0 Å². The van der Waals surface area contributed by atoms with Crippen molar-refractivity contribution in [2.75, 3.05) is 6.61 Å². The van der Waals surface area contributed by atoms with Crippen molar-refractivity contribution < 1.29 is 9.53 Å². The van der Waals surface area contributed by atoms with Crippen LogP contribution in [0.2, 0.25) is 14.3 Å². The van der Waals surface area contributed by atoms with E-state index in [1.54, 1.807) is 0 Å². The Kier molecular flexibility index (Phi) is 7.12. The molecule has 0 heterocycles. The Bertz CT molecular complexity index is 113. The molecule has 0 fully saturated rings. The minimum atomic E-state index is -0.959. The maximum atomic E-state index is 10.3. The van der Waals surface area contributed by atoms with E-state index >= 15 is 0 Å². The van der Waals surface area contributed by atoms with E-state index in [2.05, 4.69) is 9.88 Å². The predicted molar refractivity (Wildman–Crippen MR) is 49.6 cm³/mol. The van der Waals surface area contributed by atoms with Gasteiger partial charge in [-0.05, 0) is 0 Å². The maximum absolute atomic E-state index is 10.3. The summed E-state index contributed by atoms with van der Waals surface area (Å²) in [7, 11) is 0. The van der Waals surface area contributed by atoms with Crippen molar-refractivity contribution in [1.82, 2.24) is 0 Å². The average molecular weight is 265 g/mol. The van der Waals surface area contributed by atoms with Gasteiger partial charge in [0.2, 0.25) is 0 Å². The van der Waals surface area contributed by atoms with E-state index in [4.69, 9.17) is 4.74 Å². The number of carbonyl (C=O) groups is 1. The zero-order valence-corrected chi connectivity index (χ0v) is 11.0. The van der Waals surface area contributed by atoms with E-state index in [-0.39, 0.29) is 5.97 Å². The molecule has 0 bridgehead atoms. The third-order valence-electron chi connectivity index (χ3n) is 1.48. The molecule has 0 saturated carbocycles. The van der Waals surface area contributed by atoms with E-state index in [0.717, 1.165) is 6.42 Å². The van der Waals surface area contributed by atoms with Gasteiger partial charge >= 0.3 is 75.9 Å². The molecule has 0 saturated heterocycles. The number of rotatable bonds is 5. The van der Waals surface area contributed by atoms with Gasteiger partial charge in [0, 0.05) is 0 Å². The molecule has 0 rings (SSSR count). The molecule has 0 radical (unpaired) electrons. The van der Waals surface area contributed by atoms with E-state index in [1.807, 2.05) is 0 Å². The fourth-order valence-electron chi connectivity index (χ4n) is 0.871. The third kappa shape index (κ3) is 10.3. The van der Waals surface area contributed by atoms with Crippen LogP contribution >= 0.6 is 0 Å². The molecule has 3 heteroatoms. The fourth-order valence-corrected chi connectivity index (χ4v) is 4.02. The van der Waals surface area contributed by atoms with Crippen LogP contribution in [-0.2, 0) is 9.53 Å². The first-order chi connectivity index (χ1) is 5.13. The normalized spacial score (nSPS) is 10.2. The molecule has 66 valence electrons. The molecule has 0 N–H and O–H groups in total. The zero-order valence-electron chi connectivity index (χ0n) is 7.72. The monoisotopic (exact) mass is 266 g/mol. The Morgan fingerprint density at radius 1 is 1.36 bits per heavy atom. The molecule has 0 spiro atoms. The molecular weight excluding hydrogens is 247 g/mol. The summed E-state index contributed by atoms with van der Waals surface area (Å²) in [6.45, 7) is 2.08. The molecule has 0 aliphatic carbocycles. The molecule has 0 aromatic rings. The van der Waals surface area contributed by atoms with E-state index < -0.39 is 19.8 Å². The molecule has 0 aliphatic rings. The quantitative estimate of drug-likeness (QED) is 0.430. The summed E-state index contributed by atoms with van der Waals surface area (Å²) in [6, 6.07) is 0. The van der Waals surface area contributed by atoms with Gasteiger partial charge in [-0.15, -0.1) is 0 Å².